The zero-order chi connectivity index (χ0) is 25.2. The summed E-state index contributed by atoms with van der Waals surface area (Å²) in [5, 5.41) is 12.9. The maximum Gasteiger partial charge on any atom is 0.307 e. The molecule has 0 bridgehead atoms. The number of aliphatic carboxylic acids is 1. The summed E-state index contributed by atoms with van der Waals surface area (Å²) in [7, 11) is -2.37. The summed E-state index contributed by atoms with van der Waals surface area (Å²) in [5.74, 6) is -0.566. The van der Waals surface area contributed by atoms with Crippen LogP contribution in [0.5, 0.6) is 11.6 Å². The summed E-state index contributed by atoms with van der Waals surface area (Å²) in [5.41, 5.74) is 3.84. The highest BCUT2D eigenvalue weighted by atomic mass is 32.2. The normalized spacial score (nSPS) is 11.3. The molecule has 10 nitrogen and oxygen atoms in total. The Morgan fingerprint density at radius 3 is 2.37 bits per heavy atom. The van der Waals surface area contributed by atoms with Crippen LogP contribution >= 0.6 is 0 Å². The van der Waals surface area contributed by atoms with Crippen LogP contribution in [0.4, 0.5) is 5.95 Å². The van der Waals surface area contributed by atoms with Gasteiger partial charge in [0.1, 0.15) is 10.6 Å². The van der Waals surface area contributed by atoms with Crippen molar-refractivity contribution in [2.24, 2.45) is 7.05 Å². The molecule has 0 aliphatic rings. The van der Waals surface area contributed by atoms with Crippen LogP contribution in [0.25, 0.3) is 11.3 Å². The molecule has 0 aliphatic heterocycles. The Kier molecular flexibility index (Phi) is 6.52. The lowest BCUT2D eigenvalue weighted by atomic mass is 10.00. The summed E-state index contributed by atoms with van der Waals surface area (Å²) in [4.78, 5) is 19.6. The average Bonchev–Trinajstić information content (AvgIpc) is 3.22. The standard InChI is InChI=1S/C24H23N5O5S/c1-15-5-4-6-16(2)23(15)20-12-21(34-18-9-7-17(8-10-18)11-22(30)31)27-24(26-20)28-35(32,33)19-13-25-29(3)14-19/h4-10,12-14H,11H2,1-3H3,(H,30,31)(H,26,27,28). The number of nitrogens with one attached hydrogen (secondary N) is 1. The molecule has 0 spiro atoms. The van der Waals surface area contributed by atoms with Crippen LogP contribution in [0.2, 0.25) is 0 Å². The van der Waals surface area contributed by atoms with E-state index < -0.39 is 16.0 Å². The summed E-state index contributed by atoms with van der Waals surface area (Å²) >= 11 is 0. The molecule has 0 aliphatic carbocycles. The van der Waals surface area contributed by atoms with Crippen molar-refractivity contribution in [2.75, 3.05) is 4.72 Å². The fourth-order valence-electron chi connectivity index (χ4n) is 3.56. The molecule has 4 rings (SSSR count). The predicted octanol–water partition coefficient (Wildman–Crippen LogP) is 3.71. The van der Waals surface area contributed by atoms with Crippen molar-refractivity contribution in [3.8, 4) is 22.9 Å². The highest BCUT2D eigenvalue weighted by Gasteiger charge is 2.20. The molecular weight excluding hydrogens is 470 g/mol. The lowest BCUT2D eigenvalue weighted by molar-refractivity contribution is -0.136. The molecule has 2 aromatic heterocycles. The fourth-order valence-corrected chi connectivity index (χ4v) is 4.48. The molecule has 180 valence electrons. The second-order valence-electron chi connectivity index (χ2n) is 7.95. The molecule has 0 fully saturated rings. The first-order chi connectivity index (χ1) is 16.6. The Morgan fingerprint density at radius 2 is 1.77 bits per heavy atom. The fraction of sp³-hybridized carbons (Fsp3) is 0.167. The van der Waals surface area contributed by atoms with E-state index in [0.717, 1.165) is 16.7 Å². The van der Waals surface area contributed by atoms with Gasteiger partial charge >= 0.3 is 5.97 Å². The van der Waals surface area contributed by atoms with Gasteiger partial charge in [0.2, 0.25) is 11.8 Å². The van der Waals surface area contributed by atoms with Crippen molar-refractivity contribution in [1.82, 2.24) is 19.7 Å². The zero-order valence-electron chi connectivity index (χ0n) is 19.3. The number of carboxylic acid groups (broad SMARTS) is 1. The van der Waals surface area contributed by atoms with Gasteiger partial charge < -0.3 is 9.84 Å². The Bertz CT molecular complexity index is 1480. The van der Waals surface area contributed by atoms with Crippen LogP contribution in [0, 0.1) is 13.8 Å². The van der Waals surface area contributed by atoms with Gasteiger partial charge in [-0.15, -0.1) is 0 Å². The number of ether oxygens (including phenoxy) is 1. The second kappa shape index (κ2) is 9.55. The zero-order valence-corrected chi connectivity index (χ0v) is 20.1. The van der Waals surface area contributed by atoms with Crippen molar-refractivity contribution in [1.29, 1.82) is 0 Å². The number of carbonyl (C=O) groups is 1. The van der Waals surface area contributed by atoms with Crippen molar-refractivity contribution >= 4 is 21.9 Å². The summed E-state index contributed by atoms with van der Waals surface area (Å²) in [6.45, 7) is 3.87. The van der Waals surface area contributed by atoms with Crippen LogP contribution in [0.3, 0.4) is 0 Å². The van der Waals surface area contributed by atoms with E-state index in [1.54, 1.807) is 37.4 Å². The van der Waals surface area contributed by atoms with Gasteiger partial charge in [0, 0.05) is 24.9 Å². The minimum Gasteiger partial charge on any atom is -0.481 e. The number of benzene rings is 2. The van der Waals surface area contributed by atoms with E-state index in [0.29, 0.717) is 17.0 Å². The van der Waals surface area contributed by atoms with Gasteiger partial charge in [0.15, 0.2) is 0 Å². The van der Waals surface area contributed by atoms with Gasteiger partial charge in [-0.25, -0.2) is 18.1 Å². The maximum absolute atomic E-state index is 12.9. The number of rotatable bonds is 8. The largest absolute Gasteiger partial charge is 0.481 e. The van der Waals surface area contributed by atoms with Crippen molar-refractivity contribution in [2.45, 2.75) is 25.2 Å². The third-order valence-corrected chi connectivity index (χ3v) is 6.44. The molecule has 0 unspecified atom stereocenters. The topological polar surface area (TPSA) is 136 Å². The molecular formula is C24H23N5O5S. The second-order valence-corrected chi connectivity index (χ2v) is 9.64. The van der Waals surface area contributed by atoms with Crippen molar-refractivity contribution < 1.29 is 23.1 Å². The number of sulfonamides is 1. The smallest absolute Gasteiger partial charge is 0.307 e. The van der Waals surface area contributed by atoms with Gasteiger partial charge in [0.25, 0.3) is 10.0 Å². The van der Waals surface area contributed by atoms with Gasteiger partial charge in [-0.3, -0.25) is 9.48 Å². The van der Waals surface area contributed by atoms with Crippen LogP contribution in [-0.2, 0) is 28.3 Å². The van der Waals surface area contributed by atoms with E-state index in [1.807, 2.05) is 32.0 Å². The highest BCUT2D eigenvalue weighted by Crippen LogP contribution is 2.31. The molecule has 2 N–H and O–H groups in total. The Balaban J connectivity index is 1.73. The van der Waals surface area contributed by atoms with Crippen LogP contribution < -0.4 is 9.46 Å². The summed E-state index contributed by atoms with van der Waals surface area (Å²) in [6.07, 6.45) is 2.49. The predicted molar refractivity (Wildman–Crippen MR) is 129 cm³/mol. The first-order valence-electron chi connectivity index (χ1n) is 10.6. The van der Waals surface area contributed by atoms with E-state index >= 15 is 0 Å². The minimum atomic E-state index is -3.99. The first kappa shape index (κ1) is 23.9. The Hall–Kier alpha value is -4.25. The molecule has 0 saturated heterocycles. The monoisotopic (exact) mass is 493 g/mol. The van der Waals surface area contributed by atoms with Gasteiger partial charge in [-0.1, -0.05) is 30.3 Å². The van der Waals surface area contributed by atoms with E-state index in [9.17, 15) is 13.2 Å². The number of aromatic nitrogens is 4. The van der Waals surface area contributed by atoms with Gasteiger partial charge in [0.05, 0.1) is 18.3 Å². The minimum absolute atomic E-state index is 0.0300. The Morgan fingerprint density at radius 1 is 1.09 bits per heavy atom. The van der Waals surface area contributed by atoms with Crippen molar-refractivity contribution in [3.63, 3.8) is 0 Å². The third-order valence-electron chi connectivity index (χ3n) is 5.16. The van der Waals surface area contributed by atoms with Crippen molar-refractivity contribution in [3.05, 3.63) is 77.6 Å². The van der Waals surface area contributed by atoms with E-state index in [-0.39, 0.29) is 23.1 Å². The number of aryl methyl sites for hydroxylation is 3. The maximum atomic E-state index is 12.9. The molecule has 11 heteroatoms. The molecule has 35 heavy (non-hydrogen) atoms. The van der Waals surface area contributed by atoms with Crippen LogP contribution in [-0.4, -0.2) is 39.2 Å². The van der Waals surface area contributed by atoms with E-state index in [1.165, 1.54) is 17.1 Å². The van der Waals surface area contributed by atoms with E-state index in [4.69, 9.17) is 9.84 Å². The summed E-state index contributed by atoms with van der Waals surface area (Å²) < 4.78 is 35.4. The molecule has 0 amide bonds. The average molecular weight is 494 g/mol. The molecule has 2 heterocycles. The SMILES string of the molecule is Cc1cccc(C)c1-c1cc(Oc2ccc(CC(=O)O)cc2)nc(NS(=O)(=O)c2cnn(C)c2)n1. The first-order valence-corrected chi connectivity index (χ1v) is 12.0. The molecule has 4 aromatic rings. The van der Waals surface area contributed by atoms with Gasteiger partial charge in [-0.2, -0.15) is 10.1 Å². The van der Waals surface area contributed by atoms with Crippen LogP contribution in [0.1, 0.15) is 16.7 Å². The van der Waals surface area contributed by atoms with Crippen LogP contribution in [0.15, 0.2) is 65.8 Å². The highest BCUT2D eigenvalue weighted by molar-refractivity contribution is 7.92. The Labute approximate surface area is 202 Å². The number of hydrogen-bond donors (Lipinski definition) is 2. The molecule has 0 atom stereocenters. The lowest BCUT2D eigenvalue weighted by Gasteiger charge is -2.13. The van der Waals surface area contributed by atoms with Gasteiger partial charge in [-0.05, 0) is 42.7 Å². The molecule has 0 saturated carbocycles. The number of hydrogen-bond acceptors (Lipinski definition) is 7. The summed E-state index contributed by atoms with van der Waals surface area (Å²) in [6, 6.07) is 14.0. The molecule has 0 radical (unpaired) electrons. The third kappa shape index (κ3) is 5.64. The van der Waals surface area contributed by atoms with E-state index in [2.05, 4.69) is 19.8 Å². The number of nitrogens with zero attached hydrogens (tertiary/aromatic N) is 4. The number of anilines is 1. The quantitative estimate of drug-likeness (QED) is 0.379. The lowest BCUT2D eigenvalue weighted by Crippen LogP contribution is -2.15. The number of carboxylic acids is 1. The molecule has 2 aromatic carbocycles.